The number of amides is 2. The zero-order valence-corrected chi connectivity index (χ0v) is 15.9. The van der Waals surface area contributed by atoms with Crippen LogP contribution in [0.3, 0.4) is 0 Å². The van der Waals surface area contributed by atoms with Gasteiger partial charge in [0.2, 0.25) is 12.3 Å². The minimum Gasteiger partial charge on any atom is -0.346 e. The van der Waals surface area contributed by atoms with Crippen LogP contribution >= 0.6 is 0 Å². The van der Waals surface area contributed by atoms with Gasteiger partial charge >= 0.3 is 0 Å². The fraction of sp³-hybridized carbons (Fsp3) is 0.429. The van der Waals surface area contributed by atoms with Gasteiger partial charge in [0.25, 0.3) is 0 Å². The molecule has 0 aromatic carbocycles. The summed E-state index contributed by atoms with van der Waals surface area (Å²) in [5, 5.41) is 9.83. The van der Waals surface area contributed by atoms with E-state index in [0.717, 1.165) is 42.3 Å². The lowest BCUT2D eigenvalue weighted by Gasteiger charge is -2.33. The summed E-state index contributed by atoms with van der Waals surface area (Å²) < 4.78 is 0. The van der Waals surface area contributed by atoms with Crippen LogP contribution in [0.25, 0.3) is 16.6 Å². The van der Waals surface area contributed by atoms with Crippen LogP contribution in [0, 0.1) is 17.2 Å². The molecule has 0 spiro atoms. The second kappa shape index (κ2) is 7.47. The van der Waals surface area contributed by atoms with E-state index < -0.39 is 0 Å². The number of carbonyl (C=O) groups excluding carboxylic acids is 2. The number of pyridine rings is 1. The number of aromatic amines is 1. The number of H-pyrrole nitrogens is 1. The third-order valence-corrected chi connectivity index (χ3v) is 5.63. The van der Waals surface area contributed by atoms with E-state index >= 15 is 0 Å². The summed E-state index contributed by atoms with van der Waals surface area (Å²) in [5.74, 6) is 0.718. The summed E-state index contributed by atoms with van der Waals surface area (Å²) in [6.45, 7) is 3.21. The van der Waals surface area contributed by atoms with Gasteiger partial charge in [-0.05, 0) is 42.5 Å². The van der Waals surface area contributed by atoms with Crippen LogP contribution in [-0.2, 0) is 9.59 Å². The maximum atomic E-state index is 12.2. The number of nitrogens with zero attached hydrogens (tertiary/aromatic N) is 4. The third-order valence-electron chi connectivity index (χ3n) is 5.63. The van der Waals surface area contributed by atoms with Gasteiger partial charge in [0.15, 0.2) is 0 Å². The van der Waals surface area contributed by atoms with E-state index in [9.17, 15) is 9.59 Å². The second-order valence-electron chi connectivity index (χ2n) is 7.41. The van der Waals surface area contributed by atoms with Crippen molar-refractivity contribution in [1.82, 2.24) is 14.9 Å². The molecule has 2 aromatic rings. The monoisotopic (exact) mass is 377 g/mol. The molecule has 28 heavy (non-hydrogen) atoms. The maximum Gasteiger partial charge on any atom is 0.237 e. The standard InChI is InChI=1S/C21H23N5O2/c1-2-14-12-25(20(28)5-8-22)10-7-16(14)18-11-19(26(13-27)15-3-4-15)24-21-17(18)6-9-23-21/h6-7,9,11,13-15H,2-5,10,12H2,1H3,(H,23,24). The summed E-state index contributed by atoms with van der Waals surface area (Å²) >= 11 is 0. The van der Waals surface area contributed by atoms with E-state index in [1.165, 1.54) is 5.57 Å². The Morgan fingerprint density at radius 2 is 2.32 bits per heavy atom. The van der Waals surface area contributed by atoms with E-state index in [2.05, 4.69) is 23.0 Å². The molecule has 1 N–H and O–H groups in total. The van der Waals surface area contributed by atoms with Crippen molar-refractivity contribution in [2.75, 3.05) is 18.0 Å². The van der Waals surface area contributed by atoms with Crippen LogP contribution in [0.5, 0.6) is 0 Å². The molecule has 2 aliphatic rings. The molecule has 0 bridgehead atoms. The van der Waals surface area contributed by atoms with E-state index in [1.807, 2.05) is 24.4 Å². The van der Waals surface area contributed by atoms with Gasteiger partial charge in [-0.25, -0.2) is 4.98 Å². The fourth-order valence-electron chi connectivity index (χ4n) is 3.95. The van der Waals surface area contributed by atoms with Gasteiger partial charge in [-0.2, -0.15) is 5.26 Å². The Bertz CT molecular complexity index is 982. The summed E-state index contributed by atoms with van der Waals surface area (Å²) in [4.78, 5) is 35.1. The SMILES string of the molecule is CCC1CN(C(=O)CC#N)CC=C1c1cc(N(C=O)C2CC2)nc2[nH]ccc12. The third kappa shape index (κ3) is 3.26. The van der Waals surface area contributed by atoms with Crippen molar-refractivity contribution in [2.45, 2.75) is 38.6 Å². The highest BCUT2D eigenvalue weighted by Gasteiger charge is 2.32. The highest BCUT2D eigenvalue weighted by molar-refractivity contribution is 5.94. The van der Waals surface area contributed by atoms with E-state index in [-0.39, 0.29) is 24.3 Å². The molecule has 2 amide bonds. The Morgan fingerprint density at radius 1 is 1.50 bits per heavy atom. The lowest BCUT2D eigenvalue weighted by atomic mass is 9.86. The van der Waals surface area contributed by atoms with E-state index in [1.54, 1.807) is 9.80 Å². The maximum absolute atomic E-state index is 12.2. The van der Waals surface area contributed by atoms with Crippen molar-refractivity contribution < 1.29 is 9.59 Å². The number of fused-ring (bicyclic) bond motifs is 1. The molecule has 1 saturated carbocycles. The van der Waals surface area contributed by atoms with Gasteiger partial charge in [0.1, 0.15) is 17.9 Å². The number of rotatable bonds is 6. The predicted molar refractivity (Wildman–Crippen MR) is 106 cm³/mol. The van der Waals surface area contributed by atoms with Gasteiger partial charge < -0.3 is 9.88 Å². The molecule has 2 aromatic heterocycles. The molecule has 1 unspecified atom stereocenters. The molecular formula is C21H23N5O2. The molecule has 7 nitrogen and oxygen atoms in total. The average Bonchev–Trinajstić information content (AvgIpc) is 3.43. The molecule has 1 aliphatic heterocycles. The van der Waals surface area contributed by atoms with Crippen LogP contribution in [0.2, 0.25) is 0 Å². The number of carbonyl (C=O) groups is 2. The first-order chi connectivity index (χ1) is 13.7. The Balaban J connectivity index is 1.75. The molecule has 4 rings (SSSR count). The van der Waals surface area contributed by atoms with E-state index in [4.69, 9.17) is 5.26 Å². The second-order valence-corrected chi connectivity index (χ2v) is 7.41. The summed E-state index contributed by atoms with van der Waals surface area (Å²) in [5.41, 5.74) is 3.00. The topological polar surface area (TPSA) is 93.1 Å². The zero-order chi connectivity index (χ0) is 19.7. The first-order valence-corrected chi connectivity index (χ1v) is 9.73. The predicted octanol–water partition coefficient (Wildman–Crippen LogP) is 2.85. The molecule has 1 atom stereocenters. The summed E-state index contributed by atoms with van der Waals surface area (Å²) in [6, 6.07) is 6.19. The van der Waals surface area contributed by atoms with Crippen molar-refractivity contribution in [2.24, 2.45) is 5.92 Å². The highest BCUT2D eigenvalue weighted by Crippen LogP contribution is 2.37. The number of hydrogen-bond acceptors (Lipinski definition) is 4. The number of nitriles is 1. The minimum atomic E-state index is -0.126. The van der Waals surface area contributed by atoms with Crippen molar-refractivity contribution in [3.05, 3.63) is 30.0 Å². The number of hydrogen-bond donors (Lipinski definition) is 1. The van der Waals surface area contributed by atoms with Crippen LogP contribution in [-0.4, -0.2) is 46.3 Å². The molecule has 1 aliphatic carbocycles. The summed E-state index contributed by atoms with van der Waals surface area (Å²) in [6.07, 6.45) is 7.63. The van der Waals surface area contributed by atoms with Gasteiger partial charge in [0, 0.05) is 36.6 Å². The first kappa shape index (κ1) is 18.2. The number of aromatic nitrogens is 2. The number of anilines is 1. The minimum absolute atomic E-state index is 0.0866. The van der Waals surface area contributed by atoms with E-state index in [0.29, 0.717) is 18.9 Å². The first-order valence-electron chi connectivity index (χ1n) is 9.73. The molecule has 0 radical (unpaired) electrons. The van der Waals surface area contributed by atoms with Crippen molar-refractivity contribution in [3.63, 3.8) is 0 Å². The van der Waals surface area contributed by atoms with Crippen molar-refractivity contribution in [3.8, 4) is 6.07 Å². The van der Waals surface area contributed by atoms with Crippen molar-refractivity contribution in [1.29, 1.82) is 5.26 Å². The Hall–Kier alpha value is -3.14. The largest absolute Gasteiger partial charge is 0.346 e. The molecule has 7 heteroatoms. The molecule has 144 valence electrons. The van der Waals surface area contributed by atoms with Crippen LogP contribution < -0.4 is 4.90 Å². The lowest BCUT2D eigenvalue weighted by molar-refractivity contribution is -0.130. The molecule has 3 heterocycles. The smallest absolute Gasteiger partial charge is 0.237 e. The number of nitrogens with one attached hydrogen (secondary N) is 1. The van der Waals surface area contributed by atoms with Gasteiger partial charge in [-0.3, -0.25) is 14.5 Å². The Morgan fingerprint density at radius 3 is 3.00 bits per heavy atom. The van der Waals surface area contributed by atoms with Gasteiger partial charge in [-0.15, -0.1) is 0 Å². The van der Waals surface area contributed by atoms with Crippen LogP contribution in [0.4, 0.5) is 5.82 Å². The summed E-state index contributed by atoms with van der Waals surface area (Å²) in [7, 11) is 0. The average molecular weight is 377 g/mol. The van der Waals surface area contributed by atoms with Crippen LogP contribution in [0.1, 0.15) is 38.2 Å². The highest BCUT2D eigenvalue weighted by atomic mass is 16.2. The molecular weight excluding hydrogens is 354 g/mol. The van der Waals surface area contributed by atoms with Gasteiger partial charge in [0.05, 0.1) is 6.07 Å². The molecule has 1 fully saturated rings. The Labute approximate surface area is 163 Å². The quantitative estimate of drug-likeness (QED) is 0.784. The Kier molecular flexibility index (Phi) is 4.86. The van der Waals surface area contributed by atoms with Gasteiger partial charge in [-0.1, -0.05) is 13.0 Å². The molecule has 0 saturated heterocycles. The van der Waals surface area contributed by atoms with Crippen molar-refractivity contribution >= 4 is 34.7 Å². The lowest BCUT2D eigenvalue weighted by Crippen LogP contribution is -2.38. The normalized spacial score (nSPS) is 19.2. The zero-order valence-electron chi connectivity index (χ0n) is 15.9. The van der Waals surface area contributed by atoms with Crippen LogP contribution in [0.15, 0.2) is 24.4 Å². The fourth-order valence-corrected chi connectivity index (χ4v) is 3.95.